The van der Waals surface area contributed by atoms with Gasteiger partial charge in [-0.1, -0.05) is 226 Å². The Kier molecular flexibility index (Phi) is 36.5. The first kappa shape index (κ1) is 47.8. The highest BCUT2D eigenvalue weighted by Crippen LogP contribution is 2.43. The molecule has 3 N–H and O–H groups in total. The third kappa shape index (κ3) is 24.9. The molecule has 4 heteroatoms. The Morgan fingerprint density at radius 2 is 0.542 bits per heavy atom. The number of hydrogen-bond donors (Lipinski definition) is 3. The van der Waals surface area contributed by atoms with Crippen LogP contribution in [0.25, 0.3) is 0 Å². The molecule has 0 bridgehead atoms. The number of rotatable bonds is 41. The Balaban J connectivity index is 4.94. The van der Waals surface area contributed by atoms with Crippen LogP contribution in [0.5, 0.6) is 0 Å². The van der Waals surface area contributed by atoms with Crippen LogP contribution in [0.4, 0.5) is 0 Å². The summed E-state index contributed by atoms with van der Waals surface area (Å²) in [6.07, 6.45) is 44.5. The van der Waals surface area contributed by atoms with E-state index in [1.165, 1.54) is 180 Å². The molecule has 0 aliphatic rings. The number of ether oxygens (including phenoxy) is 1. The molecular formula is C44H90O4. The summed E-state index contributed by atoms with van der Waals surface area (Å²) in [5.74, 6) is 0. The van der Waals surface area contributed by atoms with Crippen LogP contribution in [0.1, 0.15) is 245 Å². The van der Waals surface area contributed by atoms with E-state index in [-0.39, 0.29) is 19.8 Å². The molecule has 0 radical (unpaired) electrons. The van der Waals surface area contributed by atoms with Crippen LogP contribution >= 0.6 is 0 Å². The molecule has 0 atom stereocenters. The minimum absolute atomic E-state index is 0.228. The molecule has 48 heavy (non-hydrogen) atoms. The quantitative estimate of drug-likeness (QED) is 0.0561. The first-order valence-electron chi connectivity index (χ1n) is 22.1. The highest BCUT2D eigenvalue weighted by atomic mass is 16.5. The first-order chi connectivity index (χ1) is 23.6. The monoisotopic (exact) mass is 683 g/mol. The van der Waals surface area contributed by atoms with Gasteiger partial charge in [0.2, 0.25) is 0 Å². The summed E-state index contributed by atoms with van der Waals surface area (Å²) in [6, 6.07) is 0. The fourth-order valence-electron chi connectivity index (χ4n) is 7.72. The Bertz CT molecular complexity index is 570. The minimum Gasteiger partial charge on any atom is -0.395 e. The van der Waals surface area contributed by atoms with Crippen LogP contribution in [0, 0.1) is 5.41 Å². The van der Waals surface area contributed by atoms with Gasteiger partial charge < -0.3 is 20.1 Å². The van der Waals surface area contributed by atoms with E-state index < -0.39 is 11.0 Å². The molecule has 0 aliphatic carbocycles. The Morgan fingerprint density at radius 3 is 0.792 bits per heavy atom. The molecule has 0 rings (SSSR count). The topological polar surface area (TPSA) is 69.9 Å². The molecule has 0 heterocycles. The molecule has 0 saturated carbocycles. The summed E-state index contributed by atoms with van der Waals surface area (Å²) in [4.78, 5) is 0. The lowest BCUT2D eigenvalue weighted by Crippen LogP contribution is -2.57. The minimum atomic E-state index is -0.998. The van der Waals surface area contributed by atoms with Crippen LogP contribution in [-0.4, -0.2) is 47.3 Å². The van der Waals surface area contributed by atoms with Crippen LogP contribution in [0.3, 0.4) is 0 Å². The van der Waals surface area contributed by atoms with Gasteiger partial charge in [0.15, 0.2) is 0 Å². The van der Waals surface area contributed by atoms with Crippen LogP contribution in [0.2, 0.25) is 0 Å². The van der Waals surface area contributed by atoms with Crippen molar-refractivity contribution in [2.75, 3.05) is 26.4 Å². The third-order valence-electron chi connectivity index (χ3n) is 11.4. The maximum absolute atomic E-state index is 10.7. The molecular weight excluding hydrogens is 592 g/mol. The van der Waals surface area contributed by atoms with Crippen LogP contribution in [-0.2, 0) is 4.74 Å². The lowest BCUT2D eigenvalue weighted by atomic mass is 9.67. The van der Waals surface area contributed by atoms with Gasteiger partial charge in [0.1, 0.15) is 0 Å². The summed E-state index contributed by atoms with van der Waals surface area (Å²) >= 11 is 0. The van der Waals surface area contributed by atoms with Gasteiger partial charge in [-0.15, -0.1) is 0 Å². The molecule has 0 fully saturated rings. The molecule has 4 nitrogen and oxygen atoms in total. The summed E-state index contributed by atoms with van der Waals surface area (Å²) in [7, 11) is 0. The average molecular weight is 683 g/mol. The van der Waals surface area contributed by atoms with E-state index in [0.29, 0.717) is 6.61 Å². The van der Waals surface area contributed by atoms with E-state index in [1.54, 1.807) is 0 Å². The predicted molar refractivity (Wildman–Crippen MR) is 211 cm³/mol. The van der Waals surface area contributed by atoms with E-state index in [9.17, 15) is 15.3 Å². The number of aliphatic hydroxyl groups excluding tert-OH is 3. The van der Waals surface area contributed by atoms with E-state index >= 15 is 0 Å². The van der Waals surface area contributed by atoms with E-state index in [1.807, 2.05) is 0 Å². The second-order valence-electron chi connectivity index (χ2n) is 15.7. The highest BCUT2D eigenvalue weighted by molar-refractivity contribution is 5.00. The fourth-order valence-corrected chi connectivity index (χ4v) is 7.72. The maximum Gasteiger partial charge on any atom is 0.0804 e. The van der Waals surface area contributed by atoms with Crippen molar-refractivity contribution >= 4 is 0 Å². The van der Waals surface area contributed by atoms with Crippen LogP contribution in [0.15, 0.2) is 0 Å². The average Bonchev–Trinajstić information content (AvgIpc) is 3.10. The SMILES string of the molecule is CCCCCCCCCCCCCOC(CCCCCCCCCCCCC)(CCCCCCCCCCCCC)C(CO)(CO)CO. The van der Waals surface area contributed by atoms with Crippen molar-refractivity contribution in [1.82, 2.24) is 0 Å². The van der Waals surface area contributed by atoms with E-state index in [0.717, 1.165) is 44.9 Å². The summed E-state index contributed by atoms with van der Waals surface area (Å²) in [5.41, 5.74) is -1.66. The molecule has 0 unspecified atom stereocenters. The van der Waals surface area contributed by atoms with Crippen molar-refractivity contribution in [3.05, 3.63) is 0 Å². The van der Waals surface area contributed by atoms with E-state index in [2.05, 4.69) is 20.8 Å². The molecule has 0 aromatic heterocycles. The van der Waals surface area contributed by atoms with Gasteiger partial charge in [0, 0.05) is 6.61 Å². The Hall–Kier alpha value is -0.160. The predicted octanol–water partition coefficient (Wildman–Crippen LogP) is 13.4. The number of hydrogen-bond acceptors (Lipinski definition) is 4. The number of unbranched alkanes of at least 4 members (excludes halogenated alkanes) is 30. The lowest BCUT2D eigenvalue weighted by Gasteiger charge is -2.48. The molecule has 0 spiro atoms. The van der Waals surface area contributed by atoms with Crippen LogP contribution < -0.4 is 0 Å². The molecule has 0 amide bonds. The second-order valence-corrected chi connectivity index (χ2v) is 15.7. The van der Waals surface area contributed by atoms with Crippen molar-refractivity contribution in [1.29, 1.82) is 0 Å². The zero-order valence-corrected chi connectivity index (χ0v) is 33.3. The van der Waals surface area contributed by atoms with Crippen molar-refractivity contribution in [3.8, 4) is 0 Å². The van der Waals surface area contributed by atoms with Crippen molar-refractivity contribution in [2.24, 2.45) is 5.41 Å². The molecule has 0 aliphatic heterocycles. The summed E-state index contributed by atoms with van der Waals surface area (Å²) < 4.78 is 6.85. The Labute approximate surface area is 302 Å². The molecule has 0 saturated heterocycles. The van der Waals surface area contributed by atoms with Crippen molar-refractivity contribution < 1.29 is 20.1 Å². The normalized spacial score (nSPS) is 12.4. The highest BCUT2D eigenvalue weighted by Gasteiger charge is 2.50. The summed E-state index contributed by atoms with van der Waals surface area (Å²) in [5, 5.41) is 32.0. The second kappa shape index (κ2) is 36.6. The van der Waals surface area contributed by atoms with Gasteiger partial charge >= 0.3 is 0 Å². The standard InChI is InChI=1S/C44H90O4/c1-4-7-10-13-16-19-22-25-28-31-34-37-44(43(40-45,41-46)42-47,38-35-32-29-26-23-20-17-14-11-8-5-2)48-39-36-33-30-27-24-21-18-15-12-9-6-3/h45-47H,4-42H2,1-3H3. The van der Waals surface area contributed by atoms with Gasteiger partial charge in [0.25, 0.3) is 0 Å². The molecule has 0 aromatic rings. The summed E-state index contributed by atoms with van der Waals surface area (Å²) in [6.45, 7) is 6.82. The van der Waals surface area contributed by atoms with Gasteiger partial charge in [-0.05, 0) is 19.3 Å². The van der Waals surface area contributed by atoms with Crippen molar-refractivity contribution in [2.45, 2.75) is 251 Å². The first-order valence-corrected chi connectivity index (χ1v) is 22.1. The largest absolute Gasteiger partial charge is 0.395 e. The van der Waals surface area contributed by atoms with Gasteiger partial charge in [-0.2, -0.15) is 0 Å². The van der Waals surface area contributed by atoms with Gasteiger partial charge in [-0.3, -0.25) is 0 Å². The smallest absolute Gasteiger partial charge is 0.0804 e. The van der Waals surface area contributed by atoms with Gasteiger partial charge in [0.05, 0.1) is 30.8 Å². The zero-order chi connectivity index (χ0) is 35.3. The fraction of sp³-hybridized carbons (Fsp3) is 1.00. The third-order valence-corrected chi connectivity index (χ3v) is 11.4. The zero-order valence-electron chi connectivity index (χ0n) is 33.3. The maximum atomic E-state index is 10.7. The van der Waals surface area contributed by atoms with E-state index in [4.69, 9.17) is 4.74 Å². The number of aliphatic hydroxyl groups is 3. The molecule has 0 aromatic carbocycles. The Morgan fingerprint density at radius 1 is 0.312 bits per heavy atom. The molecule has 290 valence electrons. The van der Waals surface area contributed by atoms with Gasteiger partial charge in [-0.25, -0.2) is 0 Å². The lowest BCUT2D eigenvalue weighted by molar-refractivity contribution is -0.194. The van der Waals surface area contributed by atoms with Crippen molar-refractivity contribution in [3.63, 3.8) is 0 Å².